The summed E-state index contributed by atoms with van der Waals surface area (Å²) in [6, 6.07) is 41.1. The number of guanidine groups is 2. The first-order valence-corrected chi connectivity index (χ1v) is 19.3. The number of aliphatic imine (C=N–C) groups is 2. The van der Waals surface area contributed by atoms with Gasteiger partial charge in [-0.2, -0.15) is 0 Å². The molecular weight excluding hydrogens is 617 g/mol. The Kier molecular flexibility index (Phi) is 9.84. The van der Waals surface area contributed by atoms with E-state index in [4.69, 9.17) is 10.5 Å². The van der Waals surface area contributed by atoms with Crippen LogP contribution in [0.15, 0.2) is 125 Å². The third-order valence-corrected chi connectivity index (χ3v) is 18.0. The van der Waals surface area contributed by atoms with Crippen LogP contribution in [-0.2, 0) is 0 Å². The zero-order valence-corrected chi connectivity index (χ0v) is 27.4. The van der Waals surface area contributed by atoms with Gasteiger partial charge in [0, 0.05) is 14.1 Å². The van der Waals surface area contributed by atoms with Crippen LogP contribution in [0.2, 0.25) is 0 Å². The first-order valence-electron chi connectivity index (χ1n) is 14.9. The van der Waals surface area contributed by atoms with E-state index in [1.807, 2.05) is 43.3 Å². The van der Waals surface area contributed by atoms with Crippen molar-refractivity contribution in [2.24, 2.45) is 15.7 Å². The van der Waals surface area contributed by atoms with Crippen LogP contribution in [-0.4, -0.2) is 43.7 Å². The molecule has 1 heterocycles. The fourth-order valence-electron chi connectivity index (χ4n) is 5.67. The number of halogens is 1. The second-order valence-electron chi connectivity index (χ2n) is 11.1. The number of hydrogen-bond acceptors (Lipinski definition) is 6. The predicted molar refractivity (Wildman–Crippen MR) is 188 cm³/mol. The van der Waals surface area contributed by atoms with Crippen molar-refractivity contribution in [3.05, 3.63) is 121 Å². The second kappa shape index (κ2) is 13.7. The van der Waals surface area contributed by atoms with Gasteiger partial charge in [0.05, 0.1) is 0 Å². The third-order valence-electron chi connectivity index (χ3n) is 7.97. The van der Waals surface area contributed by atoms with Crippen LogP contribution in [0.5, 0.6) is 5.75 Å². The van der Waals surface area contributed by atoms with E-state index in [1.54, 1.807) is 0 Å². The van der Waals surface area contributed by atoms with Gasteiger partial charge in [-0.25, -0.2) is 9.98 Å². The van der Waals surface area contributed by atoms with E-state index in [0.29, 0.717) is 18.5 Å². The SMILES string of the molecule is CN(C)C1=NC(c2ccc(OCCCCCCP(Br)(c3ccccc3)(c3ccccc3)c3ccccc3)cc2)N=C(N)N1. The smallest absolute Gasteiger partial charge is 0.197 e. The van der Waals surface area contributed by atoms with E-state index in [2.05, 4.69) is 122 Å². The van der Waals surface area contributed by atoms with E-state index in [1.165, 1.54) is 15.9 Å². The minimum absolute atomic E-state index is 0.358. The van der Waals surface area contributed by atoms with Crippen LogP contribution in [0.3, 0.4) is 0 Å². The maximum absolute atomic E-state index is 6.09. The third kappa shape index (κ3) is 6.79. The Morgan fingerprint density at radius 3 is 1.74 bits per heavy atom. The van der Waals surface area contributed by atoms with Gasteiger partial charge in [0.15, 0.2) is 5.96 Å². The molecule has 0 amide bonds. The average Bonchev–Trinajstić information content (AvgIpc) is 3.05. The zero-order valence-electron chi connectivity index (χ0n) is 24.9. The second-order valence-corrected chi connectivity index (χ2v) is 20.2. The minimum atomic E-state index is -2.85. The summed E-state index contributed by atoms with van der Waals surface area (Å²) < 4.78 is 6.09. The average molecular weight is 659 g/mol. The monoisotopic (exact) mass is 657 g/mol. The standard InChI is InChI=1S/C35H41BrN5OP/c1-41(2)35-39-33(38-34(37)40-35)28-22-24-29(25-23-28)42-26-14-3-4-15-27-43(36,30-16-8-5-9-17-30,31-18-10-6-11-19-31)32-20-12-7-13-21-32/h5-13,16-25,33H,3-4,14-15,26-27H2,1-2H3,(H3,37,38,39,40). The zero-order chi connectivity index (χ0) is 30.1. The Bertz CT molecular complexity index is 1430. The molecule has 5 rings (SSSR count). The van der Waals surface area contributed by atoms with E-state index in [9.17, 15) is 0 Å². The Morgan fingerprint density at radius 1 is 0.721 bits per heavy atom. The van der Waals surface area contributed by atoms with Gasteiger partial charge < -0.3 is 10.6 Å². The molecule has 0 saturated carbocycles. The normalized spacial score (nSPS) is 15.8. The maximum Gasteiger partial charge on any atom is 0.197 e. The molecule has 43 heavy (non-hydrogen) atoms. The number of ether oxygens (including phenoxy) is 1. The number of nitrogens with one attached hydrogen (secondary N) is 1. The van der Waals surface area contributed by atoms with Gasteiger partial charge in [-0.05, 0) is 0 Å². The molecule has 0 radical (unpaired) electrons. The van der Waals surface area contributed by atoms with Crippen molar-refractivity contribution in [2.45, 2.75) is 31.8 Å². The van der Waals surface area contributed by atoms with Crippen molar-refractivity contribution in [1.29, 1.82) is 0 Å². The van der Waals surface area contributed by atoms with Crippen molar-refractivity contribution < 1.29 is 4.74 Å². The number of benzene rings is 4. The van der Waals surface area contributed by atoms with Crippen LogP contribution < -0.4 is 31.7 Å². The maximum atomic E-state index is 6.09. The Hall–Kier alpha value is -3.67. The molecule has 0 saturated heterocycles. The van der Waals surface area contributed by atoms with Gasteiger partial charge in [0.2, 0.25) is 5.96 Å². The quantitative estimate of drug-likeness (QED) is 0.139. The molecule has 3 N–H and O–H groups in total. The van der Waals surface area contributed by atoms with Crippen LogP contribution in [0.4, 0.5) is 0 Å². The fraction of sp³-hybridized carbons (Fsp3) is 0.257. The number of nitrogens with zero attached hydrogens (tertiary/aromatic N) is 3. The molecule has 1 aliphatic heterocycles. The van der Waals surface area contributed by atoms with Gasteiger partial charge in [0.25, 0.3) is 0 Å². The Morgan fingerprint density at radius 2 is 1.23 bits per heavy atom. The van der Waals surface area contributed by atoms with Gasteiger partial charge in [-0.1, -0.05) is 0 Å². The predicted octanol–water partition coefficient (Wildman–Crippen LogP) is 6.30. The molecule has 0 spiro atoms. The molecule has 0 fully saturated rings. The van der Waals surface area contributed by atoms with Gasteiger partial charge in [0.1, 0.15) is 0 Å². The summed E-state index contributed by atoms with van der Waals surface area (Å²) in [5.74, 6) is 1.92. The number of hydrogen-bond donors (Lipinski definition) is 2. The summed E-state index contributed by atoms with van der Waals surface area (Å²) in [6.45, 7) is 0.689. The molecule has 1 unspecified atom stereocenters. The Balaban J connectivity index is 1.19. The molecule has 0 aliphatic carbocycles. The van der Waals surface area contributed by atoms with Crippen molar-refractivity contribution in [3.8, 4) is 5.75 Å². The summed E-state index contributed by atoms with van der Waals surface area (Å²) in [7, 11) is 3.84. The minimum Gasteiger partial charge on any atom is -0.370 e. The summed E-state index contributed by atoms with van der Waals surface area (Å²) in [5.41, 5.74) is 6.94. The molecule has 0 bridgehead atoms. The van der Waals surface area contributed by atoms with Gasteiger partial charge in [-0.15, -0.1) is 0 Å². The largest absolute Gasteiger partial charge is 0.370 e. The molecule has 224 valence electrons. The molecule has 1 aliphatic rings. The summed E-state index contributed by atoms with van der Waals surface area (Å²) >= 11 is 4.56. The summed E-state index contributed by atoms with van der Waals surface area (Å²) in [4.78, 5) is 11.0. The number of nitrogens with two attached hydrogens (primary N) is 1. The van der Waals surface area contributed by atoms with E-state index in [0.717, 1.165) is 43.2 Å². The molecule has 4 aromatic rings. The van der Waals surface area contributed by atoms with Crippen LogP contribution in [0, 0.1) is 0 Å². The first kappa shape index (κ1) is 30.8. The molecule has 1 atom stereocenters. The van der Waals surface area contributed by atoms with Crippen molar-refractivity contribution in [1.82, 2.24) is 10.2 Å². The van der Waals surface area contributed by atoms with Crippen molar-refractivity contribution in [2.75, 3.05) is 26.9 Å². The Labute approximate surface area is 263 Å². The van der Waals surface area contributed by atoms with Crippen LogP contribution in [0.25, 0.3) is 0 Å². The van der Waals surface area contributed by atoms with Crippen LogP contribution in [0.1, 0.15) is 37.4 Å². The van der Waals surface area contributed by atoms with Gasteiger partial charge >= 0.3 is 213 Å². The van der Waals surface area contributed by atoms with E-state index >= 15 is 0 Å². The molecule has 6 nitrogen and oxygen atoms in total. The van der Waals surface area contributed by atoms with E-state index < -0.39 is 5.31 Å². The molecule has 0 aromatic heterocycles. The van der Waals surface area contributed by atoms with Gasteiger partial charge in [-0.3, -0.25) is 5.32 Å². The fourth-order valence-corrected chi connectivity index (χ4v) is 13.4. The van der Waals surface area contributed by atoms with E-state index in [-0.39, 0.29) is 6.17 Å². The molecular formula is C35H41BrN5OP. The van der Waals surface area contributed by atoms with Crippen molar-refractivity contribution in [3.63, 3.8) is 0 Å². The molecule has 4 aromatic carbocycles. The van der Waals surface area contributed by atoms with Crippen molar-refractivity contribution >= 4 is 48.6 Å². The summed E-state index contributed by atoms with van der Waals surface area (Å²) in [6.07, 6.45) is 5.08. The number of rotatable bonds is 12. The first-order chi connectivity index (χ1) is 20.9. The van der Waals surface area contributed by atoms with Crippen LogP contribution >= 0.6 is 20.8 Å². The molecule has 8 heteroatoms. The topological polar surface area (TPSA) is 75.2 Å². The summed E-state index contributed by atoms with van der Waals surface area (Å²) in [5, 5.41) is 4.26. The number of unbranched alkanes of at least 4 members (excludes halogenated alkanes) is 3.